The number of aliphatic hydroxyl groups excluding tert-OH is 1. The van der Waals surface area contributed by atoms with Gasteiger partial charge < -0.3 is 61.9 Å². The monoisotopic (exact) mass is 1250 g/mol. The number of imidazole rings is 1. The number of ether oxygens (including phenoxy) is 3. The standard InChI is InChI=1S/C59H86N12O14S.C2H6/c1-36(2)52-50(76)24-37(3)55(78)65-47(32-72)49(75)29-40(26-41-30-61-35-62-41)56(79)64-46(25-38-12-5-4-6-13-38)58(81)63-45(54(60)77)16-9-10-18-71-31-42(69-70-71)27-39(57(80)67-52)28-44(74)33-85-23-22-84-21-20-83-19-11-15-43(73)14-7-8-17-51-53-48(34-86-51)66-59(82)68-53;1-2/h4-6,12-13,30-31,35-37,39-40,45-48,51-53,72H,7-11,14-29,32-34H2,1-3H3,(H2,60,77)(H,61,62)(H,63,81)(H,64,79)(H,65,78)(H,67,80)(H2,66,68,82);1-2H3/t37-,39+,40-,45-,46+,47+,48+,51+,52+,53+;/m0./s1. The summed E-state index contributed by atoms with van der Waals surface area (Å²) in [4.78, 5) is 141. The fourth-order valence-electron chi connectivity index (χ4n) is 10.6. The van der Waals surface area contributed by atoms with Crippen LogP contribution in [0.5, 0.6) is 0 Å². The molecule has 3 aliphatic heterocycles. The number of primary amides is 1. The first-order valence-corrected chi connectivity index (χ1v) is 31.9. The quantitative estimate of drug-likeness (QED) is 0.0411. The van der Waals surface area contributed by atoms with E-state index in [-0.39, 0.29) is 88.9 Å². The SMILES string of the molecule is CC.CC(C)[C@H]1NC(=O)[C@@H](CC(=O)COCCOCCOCCCC(=O)CCCC[C@H]2SC[C@H]3NC(=O)N[C@H]32)Cc2cn(nn2)CCCC[C@@H](C(N)=O)NC(=O)[C@@H](Cc2ccccc2)NC(=O)[C@@H](Cc2cnc[nH]2)CC(=O)[C@@H](CO)NC(=O)[C@@H](C)CC1=O. The minimum Gasteiger partial charge on any atom is -0.394 e. The Morgan fingerprint density at radius 2 is 1.45 bits per heavy atom. The van der Waals surface area contributed by atoms with E-state index < -0.39 is 108 Å². The molecule has 7 amide bonds. The Hall–Kier alpha value is -6.94. The molecule has 1 aromatic carbocycles. The van der Waals surface area contributed by atoms with E-state index in [1.54, 1.807) is 55.1 Å². The Morgan fingerprint density at radius 3 is 2.16 bits per heavy atom. The van der Waals surface area contributed by atoms with E-state index >= 15 is 0 Å². The van der Waals surface area contributed by atoms with Gasteiger partial charge in [0.1, 0.15) is 30.5 Å². The van der Waals surface area contributed by atoms with Gasteiger partial charge in [-0.1, -0.05) is 76.6 Å². The zero-order valence-corrected chi connectivity index (χ0v) is 52.3. The second-order valence-electron chi connectivity index (χ2n) is 22.8. The molecule has 6 rings (SSSR count). The van der Waals surface area contributed by atoms with Crippen molar-refractivity contribution < 1.29 is 67.3 Å². The number of aromatic amines is 1. The molecule has 2 saturated heterocycles. The van der Waals surface area contributed by atoms with Crippen molar-refractivity contribution in [1.29, 1.82) is 0 Å². The van der Waals surface area contributed by atoms with Crippen LogP contribution in [0, 0.1) is 23.7 Å². The lowest BCUT2D eigenvalue weighted by atomic mass is 9.90. The summed E-state index contributed by atoms with van der Waals surface area (Å²) in [5, 5.41) is 36.1. The molecule has 26 nitrogen and oxygen atoms in total. The highest BCUT2D eigenvalue weighted by atomic mass is 32.2. The van der Waals surface area contributed by atoms with Crippen molar-refractivity contribution in [3.63, 3.8) is 0 Å². The van der Waals surface area contributed by atoms with E-state index in [9.17, 15) is 53.1 Å². The molecule has 27 heteroatoms. The first-order valence-electron chi connectivity index (χ1n) is 30.9. The van der Waals surface area contributed by atoms with Gasteiger partial charge in [-0.15, -0.1) is 5.10 Å². The van der Waals surface area contributed by atoms with Gasteiger partial charge in [-0.05, 0) is 50.0 Å². The number of rotatable bonds is 26. The molecule has 0 radical (unpaired) electrons. The number of urea groups is 1. The van der Waals surface area contributed by atoms with Crippen molar-refractivity contribution in [2.24, 2.45) is 29.4 Å². The highest BCUT2D eigenvalue weighted by Gasteiger charge is 2.43. The molecule has 0 aliphatic carbocycles. The number of aliphatic hydroxyl groups is 1. The Labute approximate surface area is 519 Å². The second-order valence-corrected chi connectivity index (χ2v) is 24.1. The average molecular weight is 1250 g/mol. The largest absolute Gasteiger partial charge is 0.394 e. The lowest BCUT2D eigenvalue weighted by molar-refractivity contribution is -0.136. The number of hydrogen-bond donors (Lipinski definition) is 9. The lowest BCUT2D eigenvalue weighted by Gasteiger charge is -2.26. The number of benzene rings is 1. The molecule has 0 unspecified atom stereocenters. The van der Waals surface area contributed by atoms with Crippen LogP contribution in [0.4, 0.5) is 4.79 Å². The summed E-state index contributed by atoms with van der Waals surface area (Å²) in [5.41, 5.74) is 7.34. The number of aromatic nitrogens is 5. The number of nitrogens with zero attached hydrogens (tertiary/aromatic N) is 4. The summed E-state index contributed by atoms with van der Waals surface area (Å²) < 4.78 is 18.4. The summed E-state index contributed by atoms with van der Waals surface area (Å²) in [6, 6.07) is 4.14. The summed E-state index contributed by atoms with van der Waals surface area (Å²) >= 11 is 1.87. The van der Waals surface area contributed by atoms with Crippen molar-refractivity contribution in [1.82, 2.24) is 56.9 Å². The highest BCUT2D eigenvalue weighted by Crippen LogP contribution is 2.33. The van der Waals surface area contributed by atoms with Crippen molar-refractivity contribution in [3.8, 4) is 0 Å². The number of hydrogen-bond acceptors (Lipinski definition) is 18. The van der Waals surface area contributed by atoms with E-state index in [1.807, 2.05) is 25.6 Å². The maximum Gasteiger partial charge on any atom is 0.315 e. The predicted molar refractivity (Wildman–Crippen MR) is 326 cm³/mol. The molecular formula is C61H92N12O14S. The number of thioether (sulfide) groups is 1. The minimum absolute atomic E-state index is 0.00422. The maximum atomic E-state index is 14.3. The van der Waals surface area contributed by atoms with Crippen LogP contribution in [0.1, 0.15) is 129 Å². The number of H-pyrrole nitrogens is 1. The number of aryl methyl sites for hydroxylation is 1. The Balaban J connectivity index is 0.00000698. The third-order valence-corrected chi connectivity index (χ3v) is 17.0. The molecule has 10 atom stereocenters. The Kier molecular flexibility index (Phi) is 31.4. The summed E-state index contributed by atoms with van der Waals surface area (Å²) in [6.45, 7) is 9.25. The number of ketones is 4. The number of nitrogens with two attached hydrogens (primary N) is 1. The van der Waals surface area contributed by atoms with Crippen molar-refractivity contribution in [3.05, 3.63) is 66.0 Å². The fourth-order valence-corrected chi connectivity index (χ4v) is 12.1. The normalized spacial score (nSPS) is 24.6. The molecule has 3 aromatic rings. The number of nitrogens with one attached hydrogen (secondary N) is 7. The van der Waals surface area contributed by atoms with E-state index in [1.165, 1.54) is 19.4 Å². The fraction of sp³-hybridized carbons (Fsp3) is 0.656. The van der Waals surface area contributed by atoms with Gasteiger partial charge in [0.2, 0.25) is 29.5 Å². The van der Waals surface area contributed by atoms with E-state index in [0.717, 1.165) is 25.0 Å². The van der Waals surface area contributed by atoms with Crippen LogP contribution in [0.15, 0.2) is 49.1 Å². The summed E-state index contributed by atoms with van der Waals surface area (Å²) in [7, 11) is 0. The molecular weight excluding hydrogens is 1160 g/mol. The minimum atomic E-state index is -1.49. The summed E-state index contributed by atoms with van der Waals surface area (Å²) in [6.07, 6.45) is 8.45. The average Bonchev–Trinajstić information content (AvgIpc) is 3.02. The van der Waals surface area contributed by atoms with Crippen molar-refractivity contribution in [2.75, 3.05) is 52.0 Å². The van der Waals surface area contributed by atoms with Gasteiger partial charge in [0, 0.05) is 99.5 Å². The maximum absolute atomic E-state index is 14.3. The zero-order chi connectivity index (χ0) is 64.0. The highest BCUT2D eigenvalue weighted by molar-refractivity contribution is 8.00. The second kappa shape index (κ2) is 38.5. The van der Waals surface area contributed by atoms with Crippen molar-refractivity contribution in [2.45, 2.75) is 179 Å². The number of unbranched alkanes of at least 4 members (excludes halogenated alkanes) is 1. The van der Waals surface area contributed by atoms with Gasteiger partial charge in [0.15, 0.2) is 17.3 Å². The van der Waals surface area contributed by atoms with Crippen LogP contribution in [0.25, 0.3) is 0 Å². The molecule has 486 valence electrons. The van der Waals surface area contributed by atoms with Gasteiger partial charge in [-0.2, -0.15) is 11.8 Å². The van der Waals surface area contributed by atoms with Crippen LogP contribution in [-0.2, 0) is 83.2 Å². The Morgan fingerprint density at radius 1 is 0.750 bits per heavy atom. The number of carbonyl (C=O) groups is 10. The van der Waals surface area contributed by atoms with Gasteiger partial charge in [0.05, 0.1) is 75.0 Å². The zero-order valence-electron chi connectivity index (χ0n) is 51.5. The van der Waals surface area contributed by atoms with Gasteiger partial charge in [0.25, 0.3) is 0 Å². The van der Waals surface area contributed by atoms with E-state index in [2.05, 4.69) is 52.2 Å². The number of carbonyl (C=O) groups excluding carboxylic acids is 10. The van der Waals surface area contributed by atoms with Crippen LogP contribution in [0.2, 0.25) is 0 Å². The smallest absolute Gasteiger partial charge is 0.315 e. The Bertz CT molecular complexity index is 2710. The molecule has 2 bridgehead atoms. The molecule has 2 aromatic heterocycles. The molecule has 0 spiro atoms. The third kappa shape index (κ3) is 24.6. The van der Waals surface area contributed by atoms with Crippen LogP contribution >= 0.6 is 11.8 Å². The number of fused-ring (bicyclic) bond motifs is 3. The van der Waals surface area contributed by atoms with Gasteiger partial charge >= 0.3 is 6.03 Å². The number of amides is 7. The van der Waals surface area contributed by atoms with E-state index in [0.29, 0.717) is 74.1 Å². The third-order valence-electron chi connectivity index (χ3n) is 15.5. The van der Waals surface area contributed by atoms with Gasteiger partial charge in [-0.3, -0.25) is 47.8 Å². The molecule has 2 fully saturated rings. The number of Topliss-reactive ketones (excluding diaryl/α,β-unsaturated/α-hetero) is 4. The van der Waals surface area contributed by atoms with Crippen LogP contribution in [-0.4, -0.2) is 182 Å². The predicted octanol–water partition coefficient (Wildman–Crippen LogP) is 2.18. The van der Waals surface area contributed by atoms with Crippen molar-refractivity contribution >= 4 is 70.5 Å². The lowest BCUT2D eigenvalue weighted by Crippen LogP contribution is -2.55. The van der Waals surface area contributed by atoms with Crippen LogP contribution < -0.4 is 37.6 Å². The first kappa shape index (κ1) is 71.8. The molecule has 10 N–H and O–H groups in total. The molecule has 5 heterocycles. The molecule has 3 aliphatic rings. The molecule has 88 heavy (non-hydrogen) atoms. The van der Waals surface area contributed by atoms with Crippen LogP contribution in [0.3, 0.4) is 0 Å². The topological polar surface area (TPSA) is 376 Å². The first-order chi connectivity index (χ1) is 42.4. The summed E-state index contributed by atoms with van der Waals surface area (Å²) in [5.74, 6) is -7.81. The van der Waals surface area contributed by atoms with E-state index in [4.69, 9.17) is 19.9 Å². The molecule has 0 saturated carbocycles. The van der Waals surface area contributed by atoms with Gasteiger partial charge in [-0.25, -0.2) is 9.78 Å².